The molecular formula is C5H11NaO5S. The van der Waals surface area contributed by atoms with E-state index < -0.39 is 15.1 Å². The van der Waals surface area contributed by atoms with E-state index in [4.69, 9.17) is 5.11 Å². The molecule has 0 aromatic carbocycles. The molecule has 0 fully saturated rings. The molecule has 12 heavy (non-hydrogen) atoms. The number of ether oxygens (including phenoxy) is 1. The Kier molecular flexibility index (Phi) is 7.06. The van der Waals surface area contributed by atoms with E-state index in [1.165, 1.54) is 7.11 Å². The molecule has 0 saturated heterocycles. The Morgan fingerprint density at radius 3 is 2.25 bits per heavy atom. The summed E-state index contributed by atoms with van der Waals surface area (Å²) in [5.74, 6) is 0. The Morgan fingerprint density at radius 2 is 2.00 bits per heavy atom. The van der Waals surface area contributed by atoms with E-state index in [-0.39, 0.29) is 42.6 Å². The third-order valence-corrected chi connectivity index (χ3v) is 2.59. The van der Waals surface area contributed by atoms with Gasteiger partial charge in [0.1, 0.15) is 10.1 Å². The van der Waals surface area contributed by atoms with Crippen LogP contribution in [0, 0.1) is 0 Å². The molecule has 0 amide bonds. The van der Waals surface area contributed by atoms with Crippen molar-refractivity contribution in [1.29, 1.82) is 0 Å². The third-order valence-electron chi connectivity index (χ3n) is 1.31. The van der Waals surface area contributed by atoms with Gasteiger partial charge in [0.15, 0.2) is 4.93 Å². The molecule has 0 radical (unpaired) electrons. The fourth-order valence-electron chi connectivity index (χ4n) is 0.416. The van der Waals surface area contributed by atoms with Crippen LogP contribution in [-0.2, 0) is 14.9 Å². The fourth-order valence-corrected chi connectivity index (χ4v) is 0.750. The molecule has 0 aliphatic rings. The number of hydrogen-bond donors (Lipinski definition) is 1. The predicted octanol–water partition coefficient (Wildman–Crippen LogP) is -3.72. The largest absolute Gasteiger partial charge is 1.00 e. The quantitative estimate of drug-likeness (QED) is 0.377. The molecule has 0 aliphatic carbocycles. The van der Waals surface area contributed by atoms with E-state index in [0.717, 1.165) is 6.92 Å². The average Bonchev–Trinajstić information content (AvgIpc) is 1.81. The molecule has 0 saturated carbocycles. The van der Waals surface area contributed by atoms with Crippen molar-refractivity contribution in [1.82, 2.24) is 0 Å². The average molecular weight is 206 g/mol. The molecule has 0 rings (SSSR count). The van der Waals surface area contributed by atoms with Crippen LogP contribution >= 0.6 is 0 Å². The maximum absolute atomic E-state index is 10.3. The summed E-state index contributed by atoms with van der Waals surface area (Å²) in [7, 11) is -3.29. The van der Waals surface area contributed by atoms with Gasteiger partial charge in [-0.3, -0.25) is 0 Å². The van der Waals surface area contributed by atoms with Gasteiger partial charge in [0.05, 0.1) is 0 Å². The Bertz CT molecular complexity index is 210. The smallest absolute Gasteiger partial charge is 0.746 e. The van der Waals surface area contributed by atoms with E-state index in [0.29, 0.717) is 0 Å². The van der Waals surface area contributed by atoms with Crippen LogP contribution in [0.25, 0.3) is 0 Å². The van der Waals surface area contributed by atoms with E-state index in [1.807, 2.05) is 0 Å². The molecule has 5 nitrogen and oxygen atoms in total. The molecule has 0 bridgehead atoms. The van der Waals surface area contributed by atoms with E-state index in [2.05, 4.69) is 4.74 Å². The molecule has 1 atom stereocenters. The second kappa shape index (κ2) is 5.54. The summed E-state index contributed by atoms with van der Waals surface area (Å²) in [4.78, 5) is -2.22. The van der Waals surface area contributed by atoms with E-state index in [1.54, 1.807) is 0 Å². The first kappa shape index (κ1) is 15.3. The van der Waals surface area contributed by atoms with Gasteiger partial charge in [0, 0.05) is 20.1 Å². The van der Waals surface area contributed by atoms with Crippen molar-refractivity contribution in [2.24, 2.45) is 0 Å². The van der Waals surface area contributed by atoms with Crippen LogP contribution < -0.4 is 29.6 Å². The van der Waals surface area contributed by atoms with Gasteiger partial charge in [-0.1, -0.05) is 0 Å². The zero-order valence-corrected chi connectivity index (χ0v) is 10.2. The summed E-state index contributed by atoms with van der Waals surface area (Å²) in [6.07, 6.45) is -0.213. The Labute approximate surface area is 94.1 Å². The van der Waals surface area contributed by atoms with Crippen molar-refractivity contribution in [3.63, 3.8) is 0 Å². The zero-order chi connectivity index (χ0) is 9.12. The summed E-state index contributed by atoms with van der Waals surface area (Å²) in [6.45, 7) is 0.989. The van der Waals surface area contributed by atoms with Crippen LogP contribution in [0.3, 0.4) is 0 Å². The molecule has 0 aromatic rings. The van der Waals surface area contributed by atoms with Crippen LogP contribution in [0.5, 0.6) is 0 Å². The van der Waals surface area contributed by atoms with Gasteiger partial charge < -0.3 is 14.4 Å². The second-order valence-corrected chi connectivity index (χ2v) is 4.16. The van der Waals surface area contributed by atoms with Crippen LogP contribution in [0.1, 0.15) is 13.3 Å². The minimum atomic E-state index is -4.65. The van der Waals surface area contributed by atoms with Crippen LogP contribution in [-0.4, -0.2) is 36.7 Å². The molecule has 0 spiro atoms. The van der Waals surface area contributed by atoms with Crippen LogP contribution in [0.2, 0.25) is 0 Å². The van der Waals surface area contributed by atoms with Gasteiger partial charge in [-0.05, 0) is 6.92 Å². The maximum Gasteiger partial charge on any atom is 1.00 e. The van der Waals surface area contributed by atoms with Gasteiger partial charge in [0.2, 0.25) is 0 Å². The standard InChI is InChI=1S/C5H12O5S.Na/c1-5(6,3-4-10-2)11(7,8)9;/h6H,3-4H2,1-2H3,(H,7,8,9);/q;+1/p-1. The van der Waals surface area contributed by atoms with Crippen molar-refractivity contribution >= 4 is 10.1 Å². The van der Waals surface area contributed by atoms with Gasteiger partial charge in [-0.25, -0.2) is 8.42 Å². The Hall–Kier alpha value is 0.830. The summed E-state index contributed by atoms with van der Waals surface area (Å²) >= 11 is 0. The molecule has 1 N–H and O–H groups in total. The van der Waals surface area contributed by atoms with Crippen LogP contribution in [0.4, 0.5) is 0 Å². The van der Waals surface area contributed by atoms with Crippen molar-refractivity contribution in [2.45, 2.75) is 18.3 Å². The maximum atomic E-state index is 10.3. The predicted molar refractivity (Wildman–Crippen MR) is 36.8 cm³/mol. The number of aliphatic hydroxyl groups is 1. The van der Waals surface area contributed by atoms with Gasteiger partial charge >= 0.3 is 29.6 Å². The minimum Gasteiger partial charge on any atom is -0.746 e. The van der Waals surface area contributed by atoms with Crippen molar-refractivity contribution in [2.75, 3.05) is 13.7 Å². The fraction of sp³-hybridized carbons (Fsp3) is 1.00. The Morgan fingerprint density at radius 1 is 1.58 bits per heavy atom. The third kappa shape index (κ3) is 4.76. The first-order valence-electron chi connectivity index (χ1n) is 2.98. The molecule has 0 heterocycles. The molecular weight excluding hydrogens is 195 g/mol. The molecule has 0 aliphatic heterocycles. The second-order valence-electron chi connectivity index (χ2n) is 2.37. The van der Waals surface area contributed by atoms with Gasteiger partial charge in [-0.2, -0.15) is 0 Å². The SMILES string of the molecule is COCCC(C)(O)S(=O)(=O)[O-].[Na+]. The molecule has 7 heteroatoms. The summed E-state index contributed by atoms with van der Waals surface area (Å²) < 4.78 is 35.4. The topological polar surface area (TPSA) is 86.7 Å². The first-order valence-corrected chi connectivity index (χ1v) is 4.39. The monoisotopic (exact) mass is 206 g/mol. The summed E-state index contributed by atoms with van der Waals surface area (Å²) in [6, 6.07) is 0. The number of rotatable bonds is 4. The minimum absolute atomic E-state index is 0. The van der Waals surface area contributed by atoms with Crippen LogP contribution in [0.15, 0.2) is 0 Å². The molecule has 68 valence electrons. The molecule has 1 unspecified atom stereocenters. The normalized spacial score (nSPS) is 16.3. The van der Waals surface area contributed by atoms with Gasteiger partial charge in [0.25, 0.3) is 0 Å². The first-order chi connectivity index (χ1) is 4.81. The van der Waals surface area contributed by atoms with Crippen molar-refractivity contribution in [3.8, 4) is 0 Å². The van der Waals surface area contributed by atoms with Gasteiger partial charge in [-0.15, -0.1) is 0 Å². The summed E-state index contributed by atoms with van der Waals surface area (Å²) in [5, 5.41) is 9.00. The van der Waals surface area contributed by atoms with E-state index in [9.17, 15) is 13.0 Å². The molecule has 0 aromatic heterocycles. The number of hydrogen-bond acceptors (Lipinski definition) is 5. The van der Waals surface area contributed by atoms with Crippen molar-refractivity contribution in [3.05, 3.63) is 0 Å². The number of methoxy groups -OCH3 is 1. The zero-order valence-electron chi connectivity index (χ0n) is 7.40. The van der Waals surface area contributed by atoms with Crippen molar-refractivity contribution < 1.29 is 52.4 Å². The summed E-state index contributed by atoms with van der Waals surface area (Å²) in [5.41, 5.74) is 0. The Balaban J connectivity index is 0. The van der Waals surface area contributed by atoms with E-state index >= 15 is 0 Å².